The number of hydrogen-bond donors (Lipinski definition) is 1. The second-order valence-electron chi connectivity index (χ2n) is 6.65. The molecular weight excluding hydrogens is 318 g/mol. The average Bonchev–Trinajstić information content (AvgIpc) is 2.99. The van der Waals surface area contributed by atoms with Gasteiger partial charge in [-0.2, -0.15) is 5.10 Å². The van der Waals surface area contributed by atoms with Crippen molar-refractivity contribution in [2.45, 2.75) is 46.3 Å². The van der Waals surface area contributed by atoms with Crippen LogP contribution in [0.3, 0.4) is 0 Å². The van der Waals surface area contributed by atoms with Crippen LogP contribution in [0, 0.1) is 5.92 Å². The van der Waals surface area contributed by atoms with E-state index in [9.17, 15) is 4.79 Å². The van der Waals surface area contributed by atoms with Crippen molar-refractivity contribution < 1.29 is 14.3 Å². The van der Waals surface area contributed by atoms with Gasteiger partial charge in [-0.15, -0.1) is 0 Å². The number of nitrogens with one attached hydrogen (secondary N) is 1. The molecule has 25 heavy (non-hydrogen) atoms. The van der Waals surface area contributed by atoms with Gasteiger partial charge in [0.05, 0.1) is 11.7 Å². The number of aromatic nitrogens is 2. The summed E-state index contributed by atoms with van der Waals surface area (Å²) in [6.07, 6.45) is 4.47. The van der Waals surface area contributed by atoms with Gasteiger partial charge < -0.3 is 14.8 Å². The van der Waals surface area contributed by atoms with Gasteiger partial charge in [0, 0.05) is 32.2 Å². The van der Waals surface area contributed by atoms with Gasteiger partial charge in [0.25, 0.3) is 0 Å². The lowest BCUT2D eigenvalue weighted by atomic mass is 10.1. The molecule has 0 radical (unpaired) electrons. The molecule has 0 atom stereocenters. The summed E-state index contributed by atoms with van der Waals surface area (Å²) in [5, 5.41) is 8.28. The Kier molecular flexibility index (Phi) is 7.73. The number of carbonyl (C=O) groups excluding carboxylic acids is 1. The molecule has 0 aliphatic carbocycles. The van der Waals surface area contributed by atoms with Gasteiger partial charge in [0.1, 0.15) is 6.61 Å². The molecule has 0 bridgehead atoms. The molecule has 1 aromatic carbocycles. The maximum Gasteiger partial charge on any atom is 0.407 e. The Bertz CT molecular complexity index is 667. The van der Waals surface area contributed by atoms with Crippen molar-refractivity contribution in [2.24, 2.45) is 5.92 Å². The number of alkyl carbamates (subject to hydrolysis) is 1. The van der Waals surface area contributed by atoms with Crippen molar-refractivity contribution in [3.63, 3.8) is 0 Å². The molecule has 1 N–H and O–H groups in total. The van der Waals surface area contributed by atoms with E-state index in [2.05, 4.69) is 24.3 Å². The van der Waals surface area contributed by atoms with E-state index in [1.54, 1.807) is 7.11 Å². The normalized spacial score (nSPS) is 11.2. The van der Waals surface area contributed by atoms with Crippen LogP contribution in [-0.2, 0) is 22.6 Å². The highest BCUT2D eigenvalue weighted by molar-refractivity contribution is 5.79. The van der Waals surface area contributed by atoms with E-state index in [0.717, 1.165) is 42.3 Å². The number of methoxy groups -OCH3 is 1. The number of benzene rings is 1. The van der Waals surface area contributed by atoms with Crippen molar-refractivity contribution >= 4 is 17.0 Å². The Morgan fingerprint density at radius 2 is 2.16 bits per heavy atom. The monoisotopic (exact) mass is 347 g/mol. The largest absolute Gasteiger partial charge is 0.445 e. The summed E-state index contributed by atoms with van der Waals surface area (Å²) in [5.74, 6) is 0.651. The minimum Gasteiger partial charge on any atom is -0.445 e. The molecule has 138 valence electrons. The Balaban J connectivity index is 1.84. The summed E-state index contributed by atoms with van der Waals surface area (Å²) in [7, 11) is 1.70. The predicted octanol–water partition coefficient (Wildman–Crippen LogP) is 3.74. The van der Waals surface area contributed by atoms with Crippen LogP contribution in [0.1, 0.15) is 38.7 Å². The van der Waals surface area contributed by atoms with E-state index >= 15 is 0 Å². The van der Waals surface area contributed by atoms with E-state index in [1.165, 1.54) is 0 Å². The molecule has 2 aromatic rings. The SMILES string of the molecule is COCCCn1ncc2ccc(COC(=O)NCCCC(C)C)cc21. The van der Waals surface area contributed by atoms with Gasteiger partial charge in [0.15, 0.2) is 0 Å². The third kappa shape index (κ3) is 6.38. The van der Waals surface area contributed by atoms with Gasteiger partial charge in [-0.25, -0.2) is 4.79 Å². The lowest BCUT2D eigenvalue weighted by Crippen LogP contribution is -2.25. The number of carbonyl (C=O) groups is 1. The molecule has 6 nitrogen and oxygen atoms in total. The zero-order chi connectivity index (χ0) is 18.1. The van der Waals surface area contributed by atoms with Gasteiger partial charge in [-0.05, 0) is 36.8 Å². The number of ether oxygens (including phenoxy) is 2. The Labute approximate surface area is 149 Å². The first-order valence-corrected chi connectivity index (χ1v) is 8.94. The zero-order valence-electron chi connectivity index (χ0n) is 15.5. The van der Waals surface area contributed by atoms with Crippen LogP contribution >= 0.6 is 0 Å². The highest BCUT2D eigenvalue weighted by Crippen LogP contribution is 2.17. The summed E-state index contributed by atoms with van der Waals surface area (Å²) < 4.78 is 12.3. The number of fused-ring (bicyclic) bond motifs is 1. The fourth-order valence-electron chi connectivity index (χ4n) is 2.64. The first-order valence-electron chi connectivity index (χ1n) is 8.94. The maximum absolute atomic E-state index is 11.8. The topological polar surface area (TPSA) is 65.4 Å². The summed E-state index contributed by atoms with van der Waals surface area (Å²) in [6, 6.07) is 6.01. The predicted molar refractivity (Wildman–Crippen MR) is 98.5 cm³/mol. The molecule has 1 heterocycles. The van der Waals surface area contributed by atoms with Gasteiger partial charge in [-0.1, -0.05) is 26.0 Å². The van der Waals surface area contributed by atoms with Crippen LogP contribution in [0.15, 0.2) is 24.4 Å². The zero-order valence-corrected chi connectivity index (χ0v) is 15.5. The van der Waals surface area contributed by atoms with Gasteiger partial charge >= 0.3 is 6.09 Å². The first-order chi connectivity index (χ1) is 12.1. The minimum atomic E-state index is -0.363. The molecule has 0 unspecified atom stereocenters. The Hall–Kier alpha value is -2.08. The van der Waals surface area contributed by atoms with Crippen LogP contribution in [0.2, 0.25) is 0 Å². The van der Waals surface area contributed by atoms with Crippen LogP contribution in [-0.4, -0.2) is 36.1 Å². The molecule has 0 spiro atoms. The molecule has 2 rings (SSSR count). The number of aryl methyl sites for hydroxylation is 1. The van der Waals surface area contributed by atoms with Crippen LogP contribution in [0.25, 0.3) is 10.9 Å². The second kappa shape index (κ2) is 10.0. The quantitative estimate of drug-likeness (QED) is 0.665. The van der Waals surface area contributed by atoms with E-state index in [-0.39, 0.29) is 12.7 Å². The minimum absolute atomic E-state index is 0.259. The molecule has 0 aliphatic rings. The van der Waals surface area contributed by atoms with Crippen molar-refractivity contribution in [1.29, 1.82) is 0 Å². The summed E-state index contributed by atoms with van der Waals surface area (Å²) in [5.41, 5.74) is 2.01. The van der Waals surface area contributed by atoms with Crippen molar-refractivity contribution in [1.82, 2.24) is 15.1 Å². The number of rotatable bonds is 10. The first kappa shape index (κ1) is 19.2. The van der Waals surface area contributed by atoms with Gasteiger partial charge in [-0.3, -0.25) is 4.68 Å². The highest BCUT2D eigenvalue weighted by Gasteiger charge is 2.06. The molecule has 1 aromatic heterocycles. The van der Waals surface area contributed by atoms with Crippen molar-refractivity contribution in [3.8, 4) is 0 Å². The summed E-state index contributed by atoms with van der Waals surface area (Å²) >= 11 is 0. The Morgan fingerprint density at radius 3 is 2.92 bits per heavy atom. The third-order valence-corrected chi connectivity index (χ3v) is 4.03. The Morgan fingerprint density at radius 1 is 1.32 bits per heavy atom. The lowest BCUT2D eigenvalue weighted by molar-refractivity contribution is 0.139. The fourth-order valence-corrected chi connectivity index (χ4v) is 2.64. The fraction of sp³-hybridized carbons (Fsp3) is 0.579. The van der Waals surface area contributed by atoms with Crippen LogP contribution in [0.5, 0.6) is 0 Å². The maximum atomic E-state index is 11.8. The standard InChI is InChI=1S/C19H29N3O3/c1-15(2)6-4-9-20-19(23)25-14-16-7-8-17-13-21-22(18(17)12-16)10-5-11-24-3/h7-8,12-13,15H,4-6,9-11,14H2,1-3H3,(H,20,23). The smallest absolute Gasteiger partial charge is 0.407 e. The number of amides is 1. The second-order valence-corrected chi connectivity index (χ2v) is 6.65. The highest BCUT2D eigenvalue weighted by atomic mass is 16.5. The van der Waals surface area contributed by atoms with Crippen LogP contribution in [0.4, 0.5) is 4.79 Å². The summed E-state index contributed by atoms with van der Waals surface area (Å²) in [6.45, 7) is 6.78. The van der Waals surface area contributed by atoms with Crippen molar-refractivity contribution in [3.05, 3.63) is 30.0 Å². The van der Waals surface area contributed by atoms with E-state index < -0.39 is 0 Å². The number of hydrogen-bond acceptors (Lipinski definition) is 4. The van der Waals surface area contributed by atoms with Gasteiger partial charge in [0.2, 0.25) is 0 Å². The lowest BCUT2D eigenvalue weighted by Gasteiger charge is -2.09. The number of nitrogens with zero attached hydrogens (tertiary/aromatic N) is 2. The summed E-state index contributed by atoms with van der Waals surface area (Å²) in [4.78, 5) is 11.8. The molecular formula is C19H29N3O3. The van der Waals surface area contributed by atoms with E-state index in [0.29, 0.717) is 19.1 Å². The third-order valence-electron chi connectivity index (χ3n) is 4.03. The van der Waals surface area contributed by atoms with Crippen molar-refractivity contribution in [2.75, 3.05) is 20.3 Å². The molecule has 0 aliphatic heterocycles. The molecule has 0 fully saturated rings. The molecule has 1 amide bonds. The molecule has 0 saturated carbocycles. The van der Waals surface area contributed by atoms with E-state index in [4.69, 9.17) is 9.47 Å². The molecule has 0 saturated heterocycles. The van der Waals surface area contributed by atoms with Crippen LogP contribution < -0.4 is 5.32 Å². The average molecular weight is 347 g/mol. The molecule has 6 heteroatoms. The van der Waals surface area contributed by atoms with E-state index in [1.807, 2.05) is 29.1 Å².